The standard InChI is InChI=1S/C13H16ClIN4/c1-5-6-9-11(15)12(14)17-13(16-9)10-7(2)18-19(4)8(10)3/h5-6H2,1-4H3. The second kappa shape index (κ2) is 5.75. The van der Waals surface area contributed by atoms with Crippen LogP contribution in [0.3, 0.4) is 0 Å². The van der Waals surface area contributed by atoms with E-state index in [0.29, 0.717) is 11.0 Å². The van der Waals surface area contributed by atoms with Crippen molar-refractivity contribution in [1.29, 1.82) is 0 Å². The minimum absolute atomic E-state index is 0.525. The fourth-order valence-electron chi connectivity index (χ4n) is 2.07. The molecule has 0 amide bonds. The molecule has 0 saturated carbocycles. The van der Waals surface area contributed by atoms with E-state index in [4.69, 9.17) is 11.6 Å². The third kappa shape index (κ3) is 2.76. The Bertz CT molecular complexity index is 622. The first-order valence-electron chi connectivity index (χ1n) is 6.18. The molecule has 0 aliphatic carbocycles. The molecule has 0 saturated heterocycles. The van der Waals surface area contributed by atoms with Crippen LogP contribution in [0, 0.1) is 17.4 Å². The maximum Gasteiger partial charge on any atom is 0.164 e. The van der Waals surface area contributed by atoms with Crippen molar-refractivity contribution in [3.63, 3.8) is 0 Å². The van der Waals surface area contributed by atoms with Crippen molar-refractivity contribution in [2.24, 2.45) is 7.05 Å². The molecule has 2 heterocycles. The lowest BCUT2D eigenvalue weighted by molar-refractivity contribution is 0.731. The minimum atomic E-state index is 0.525. The Hall–Kier alpha value is -0.690. The summed E-state index contributed by atoms with van der Waals surface area (Å²) in [4.78, 5) is 9.09. The van der Waals surface area contributed by atoms with Crippen LogP contribution >= 0.6 is 34.2 Å². The molecule has 6 heteroatoms. The predicted octanol–water partition coefficient (Wildman–Crippen LogP) is 3.70. The molecule has 0 atom stereocenters. The van der Waals surface area contributed by atoms with Crippen molar-refractivity contribution in [2.75, 3.05) is 0 Å². The highest BCUT2D eigenvalue weighted by atomic mass is 127. The van der Waals surface area contributed by atoms with E-state index < -0.39 is 0 Å². The fourth-order valence-corrected chi connectivity index (χ4v) is 2.77. The summed E-state index contributed by atoms with van der Waals surface area (Å²) in [5.41, 5.74) is 3.98. The molecule has 0 aromatic carbocycles. The number of aryl methyl sites for hydroxylation is 3. The Kier molecular flexibility index (Phi) is 4.45. The Balaban J connectivity index is 2.62. The van der Waals surface area contributed by atoms with Gasteiger partial charge >= 0.3 is 0 Å². The average molecular weight is 391 g/mol. The first-order valence-corrected chi connectivity index (χ1v) is 7.63. The third-order valence-corrected chi connectivity index (χ3v) is 4.82. The summed E-state index contributed by atoms with van der Waals surface area (Å²) in [6, 6.07) is 0. The van der Waals surface area contributed by atoms with Gasteiger partial charge < -0.3 is 0 Å². The van der Waals surface area contributed by atoms with Crippen LogP contribution in [0.4, 0.5) is 0 Å². The van der Waals surface area contributed by atoms with Crippen LogP contribution in [0.5, 0.6) is 0 Å². The highest BCUT2D eigenvalue weighted by molar-refractivity contribution is 14.1. The molecule has 0 spiro atoms. The smallest absolute Gasteiger partial charge is 0.164 e. The number of rotatable bonds is 3. The molecule has 2 rings (SSSR count). The Morgan fingerprint density at radius 1 is 1.26 bits per heavy atom. The largest absolute Gasteiger partial charge is 0.272 e. The number of hydrogen-bond acceptors (Lipinski definition) is 3. The third-order valence-electron chi connectivity index (χ3n) is 3.10. The molecule has 4 nitrogen and oxygen atoms in total. The summed E-state index contributed by atoms with van der Waals surface area (Å²) in [7, 11) is 1.92. The molecule has 0 aliphatic rings. The molecular formula is C13H16ClIN4. The maximum absolute atomic E-state index is 6.23. The van der Waals surface area contributed by atoms with E-state index >= 15 is 0 Å². The Labute approximate surface area is 131 Å². The number of hydrogen-bond donors (Lipinski definition) is 0. The van der Waals surface area contributed by atoms with Crippen LogP contribution in [-0.4, -0.2) is 19.7 Å². The van der Waals surface area contributed by atoms with Crippen molar-refractivity contribution in [2.45, 2.75) is 33.6 Å². The van der Waals surface area contributed by atoms with Gasteiger partial charge in [0.2, 0.25) is 0 Å². The van der Waals surface area contributed by atoms with Gasteiger partial charge in [-0.25, -0.2) is 9.97 Å². The first kappa shape index (κ1) is 14.7. The summed E-state index contributed by atoms with van der Waals surface area (Å²) >= 11 is 8.44. The molecule has 2 aromatic rings. The van der Waals surface area contributed by atoms with Gasteiger partial charge in [-0.05, 0) is 42.9 Å². The molecule has 0 bridgehead atoms. The van der Waals surface area contributed by atoms with Gasteiger partial charge in [0.15, 0.2) is 5.82 Å². The molecule has 0 unspecified atom stereocenters. The summed E-state index contributed by atoms with van der Waals surface area (Å²) in [6.45, 7) is 6.12. The molecule has 2 aromatic heterocycles. The monoisotopic (exact) mass is 390 g/mol. The summed E-state index contributed by atoms with van der Waals surface area (Å²) < 4.78 is 2.79. The SMILES string of the molecule is CCCc1nc(-c2c(C)nn(C)c2C)nc(Cl)c1I. The second-order valence-corrected chi connectivity index (χ2v) is 5.95. The molecule has 19 heavy (non-hydrogen) atoms. The van der Waals surface area contributed by atoms with Crippen molar-refractivity contribution >= 4 is 34.2 Å². The van der Waals surface area contributed by atoms with Crippen LogP contribution in [0.15, 0.2) is 0 Å². The summed E-state index contributed by atoms with van der Waals surface area (Å²) in [5.74, 6) is 0.678. The maximum atomic E-state index is 6.23. The van der Waals surface area contributed by atoms with Crippen molar-refractivity contribution < 1.29 is 0 Å². The van der Waals surface area contributed by atoms with Gasteiger partial charge in [0.25, 0.3) is 0 Å². The highest BCUT2D eigenvalue weighted by Crippen LogP contribution is 2.28. The van der Waals surface area contributed by atoms with E-state index in [0.717, 1.165) is 39.1 Å². The Morgan fingerprint density at radius 3 is 2.47 bits per heavy atom. The first-order chi connectivity index (χ1) is 8.95. The van der Waals surface area contributed by atoms with E-state index in [1.54, 1.807) is 0 Å². The van der Waals surface area contributed by atoms with Gasteiger partial charge in [-0.2, -0.15) is 5.10 Å². The lowest BCUT2D eigenvalue weighted by atomic mass is 10.1. The van der Waals surface area contributed by atoms with Crippen molar-refractivity contribution in [3.05, 3.63) is 25.8 Å². The van der Waals surface area contributed by atoms with Crippen molar-refractivity contribution in [3.8, 4) is 11.4 Å². The molecular weight excluding hydrogens is 375 g/mol. The lowest BCUT2D eigenvalue weighted by Crippen LogP contribution is -2.02. The van der Waals surface area contributed by atoms with Crippen LogP contribution < -0.4 is 0 Å². The average Bonchev–Trinajstić information content (AvgIpc) is 2.59. The van der Waals surface area contributed by atoms with E-state index in [9.17, 15) is 0 Å². The number of halogens is 2. The zero-order valence-corrected chi connectivity index (χ0v) is 14.4. The molecule has 0 aliphatic heterocycles. The topological polar surface area (TPSA) is 43.6 Å². The van der Waals surface area contributed by atoms with Gasteiger partial charge in [0.1, 0.15) is 5.15 Å². The molecule has 0 radical (unpaired) electrons. The van der Waals surface area contributed by atoms with E-state index in [1.807, 2.05) is 25.6 Å². The molecule has 102 valence electrons. The molecule has 0 fully saturated rings. The van der Waals surface area contributed by atoms with Gasteiger partial charge in [-0.1, -0.05) is 24.9 Å². The zero-order valence-electron chi connectivity index (χ0n) is 11.5. The highest BCUT2D eigenvalue weighted by Gasteiger charge is 2.17. The second-order valence-electron chi connectivity index (χ2n) is 4.52. The predicted molar refractivity (Wildman–Crippen MR) is 85.4 cm³/mol. The van der Waals surface area contributed by atoms with Crippen LogP contribution in [0.25, 0.3) is 11.4 Å². The Morgan fingerprint density at radius 2 is 1.95 bits per heavy atom. The van der Waals surface area contributed by atoms with Gasteiger partial charge in [-0.15, -0.1) is 0 Å². The van der Waals surface area contributed by atoms with E-state index in [2.05, 4.69) is 44.6 Å². The van der Waals surface area contributed by atoms with Crippen LogP contribution in [-0.2, 0) is 13.5 Å². The molecule has 0 N–H and O–H groups in total. The normalized spacial score (nSPS) is 11.1. The van der Waals surface area contributed by atoms with Crippen LogP contribution in [0.2, 0.25) is 5.15 Å². The van der Waals surface area contributed by atoms with Gasteiger partial charge in [0, 0.05) is 12.7 Å². The number of nitrogens with zero attached hydrogens (tertiary/aromatic N) is 4. The summed E-state index contributed by atoms with van der Waals surface area (Å²) in [5, 5.41) is 4.93. The number of aromatic nitrogens is 4. The van der Waals surface area contributed by atoms with Gasteiger partial charge in [-0.3, -0.25) is 4.68 Å². The fraction of sp³-hybridized carbons (Fsp3) is 0.462. The zero-order chi connectivity index (χ0) is 14.2. The van der Waals surface area contributed by atoms with E-state index in [1.165, 1.54) is 0 Å². The van der Waals surface area contributed by atoms with Crippen molar-refractivity contribution in [1.82, 2.24) is 19.7 Å². The quantitative estimate of drug-likeness (QED) is 0.593. The minimum Gasteiger partial charge on any atom is -0.272 e. The van der Waals surface area contributed by atoms with E-state index in [-0.39, 0.29) is 0 Å². The summed E-state index contributed by atoms with van der Waals surface area (Å²) in [6.07, 6.45) is 1.94. The van der Waals surface area contributed by atoms with Crippen LogP contribution in [0.1, 0.15) is 30.4 Å². The lowest BCUT2D eigenvalue weighted by Gasteiger charge is -2.08. The van der Waals surface area contributed by atoms with Gasteiger partial charge in [0.05, 0.1) is 20.5 Å².